The van der Waals surface area contributed by atoms with Crippen LogP contribution in [0.1, 0.15) is 17.3 Å². The minimum atomic E-state index is -0.388. The Hall–Kier alpha value is -1.42. The highest BCUT2D eigenvalue weighted by Crippen LogP contribution is 2.28. The Balaban J connectivity index is 2.99. The number of para-hydroxylation sites is 1. The predicted octanol–water partition coefficient (Wildman–Crippen LogP) is 1.80. The first kappa shape index (κ1) is 12.6. The monoisotopic (exact) mass is 243 g/mol. The second-order valence-corrected chi connectivity index (χ2v) is 3.63. The fraction of sp³-hybridized carbons (Fsp3) is 0.364. The molecule has 0 heterocycles. The number of hydrogen-bond acceptors (Lipinski definition) is 3. The van der Waals surface area contributed by atoms with Gasteiger partial charge in [0, 0.05) is 19.0 Å². The molecular weight excluding hydrogens is 230 g/mol. The molecule has 2 N–H and O–H groups in total. The van der Waals surface area contributed by atoms with E-state index >= 15 is 0 Å². The smallest absolute Gasteiger partial charge is 0.257 e. The lowest BCUT2D eigenvalue weighted by Gasteiger charge is -2.20. The van der Waals surface area contributed by atoms with Crippen LogP contribution in [0.3, 0.4) is 0 Å². The van der Waals surface area contributed by atoms with Crippen molar-refractivity contribution in [1.82, 2.24) is 4.90 Å². The van der Waals surface area contributed by atoms with Gasteiger partial charge in [-0.15, -0.1) is 11.6 Å². The maximum Gasteiger partial charge on any atom is 0.257 e. The van der Waals surface area contributed by atoms with Crippen molar-refractivity contribution in [2.24, 2.45) is 0 Å². The molecule has 4 nitrogen and oxygen atoms in total. The second kappa shape index (κ2) is 5.61. The van der Waals surface area contributed by atoms with E-state index in [0.717, 1.165) is 0 Å². The summed E-state index contributed by atoms with van der Waals surface area (Å²) in [5, 5.41) is 18.8. The van der Waals surface area contributed by atoms with Crippen molar-refractivity contribution in [3.05, 3.63) is 23.8 Å². The van der Waals surface area contributed by atoms with Gasteiger partial charge in [0.05, 0.1) is 5.56 Å². The molecule has 0 saturated carbocycles. The molecule has 88 valence electrons. The molecule has 0 radical (unpaired) electrons. The van der Waals surface area contributed by atoms with Crippen molar-refractivity contribution in [3.8, 4) is 11.5 Å². The van der Waals surface area contributed by atoms with E-state index in [-0.39, 0.29) is 23.0 Å². The number of rotatable bonds is 4. The van der Waals surface area contributed by atoms with Gasteiger partial charge in [-0.25, -0.2) is 0 Å². The Morgan fingerprint density at radius 3 is 2.69 bits per heavy atom. The number of alkyl halides is 1. The third-order valence-corrected chi connectivity index (χ3v) is 2.44. The zero-order valence-corrected chi connectivity index (χ0v) is 9.74. The molecule has 0 unspecified atom stereocenters. The summed E-state index contributed by atoms with van der Waals surface area (Å²) < 4.78 is 0. The summed E-state index contributed by atoms with van der Waals surface area (Å²) in [5.41, 5.74) is 0.0898. The van der Waals surface area contributed by atoms with Crippen molar-refractivity contribution in [1.29, 1.82) is 0 Å². The number of aromatic hydroxyl groups is 2. The Labute approximate surface area is 99.1 Å². The molecule has 0 spiro atoms. The number of halogens is 1. The first-order valence-corrected chi connectivity index (χ1v) is 5.51. The molecular formula is C11H14ClNO3. The number of carbonyl (C=O) groups is 1. The van der Waals surface area contributed by atoms with Crippen LogP contribution in [0, 0.1) is 0 Å². The van der Waals surface area contributed by atoms with E-state index in [2.05, 4.69) is 0 Å². The minimum absolute atomic E-state index is 0.0898. The summed E-state index contributed by atoms with van der Waals surface area (Å²) >= 11 is 5.57. The summed E-state index contributed by atoms with van der Waals surface area (Å²) in [6.07, 6.45) is 0. The van der Waals surface area contributed by atoms with Crippen LogP contribution < -0.4 is 0 Å². The molecule has 16 heavy (non-hydrogen) atoms. The Bertz CT molecular complexity index is 381. The molecule has 0 saturated heterocycles. The Kier molecular flexibility index (Phi) is 4.43. The largest absolute Gasteiger partial charge is 0.504 e. The molecule has 1 rings (SSSR count). The lowest BCUT2D eigenvalue weighted by Crippen LogP contribution is -2.32. The highest BCUT2D eigenvalue weighted by atomic mass is 35.5. The van der Waals surface area contributed by atoms with Gasteiger partial charge in [0.2, 0.25) is 0 Å². The number of phenols is 2. The molecule has 0 bridgehead atoms. The van der Waals surface area contributed by atoms with Gasteiger partial charge in [-0.3, -0.25) is 4.79 Å². The standard InChI is InChI=1S/C11H14ClNO3/c1-2-13(7-6-12)11(16)8-4-3-5-9(14)10(8)15/h3-5,14-15H,2,6-7H2,1H3. The van der Waals surface area contributed by atoms with E-state index in [1.165, 1.54) is 23.1 Å². The van der Waals surface area contributed by atoms with Crippen LogP contribution in [0.2, 0.25) is 0 Å². The number of amides is 1. The third kappa shape index (κ3) is 2.58. The Morgan fingerprint density at radius 1 is 1.44 bits per heavy atom. The van der Waals surface area contributed by atoms with Gasteiger partial charge in [-0.1, -0.05) is 6.07 Å². The highest BCUT2D eigenvalue weighted by Gasteiger charge is 2.18. The lowest BCUT2D eigenvalue weighted by molar-refractivity contribution is 0.0770. The topological polar surface area (TPSA) is 60.8 Å². The van der Waals surface area contributed by atoms with Crippen molar-refractivity contribution in [2.45, 2.75) is 6.92 Å². The predicted molar refractivity (Wildman–Crippen MR) is 62.1 cm³/mol. The molecule has 1 amide bonds. The average molecular weight is 244 g/mol. The maximum absolute atomic E-state index is 11.9. The van der Waals surface area contributed by atoms with Crippen molar-refractivity contribution < 1.29 is 15.0 Å². The van der Waals surface area contributed by atoms with E-state index in [0.29, 0.717) is 19.0 Å². The molecule has 0 fully saturated rings. The maximum atomic E-state index is 11.9. The van der Waals surface area contributed by atoms with Gasteiger partial charge in [-0.05, 0) is 19.1 Å². The van der Waals surface area contributed by atoms with Gasteiger partial charge in [0.1, 0.15) is 0 Å². The van der Waals surface area contributed by atoms with Crippen molar-refractivity contribution in [2.75, 3.05) is 19.0 Å². The van der Waals surface area contributed by atoms with Gasteiger partial charge in [-0.2, -0.15) is 0 Å². The molecule has 0 aliphatic carbocycles. The highest BCUT2D eigenvalue weighted by molar-refractivity contribution is 6.18. The van der Waals surface area contributed by atoms with E-state index < -0.39 is 0 Å². The van der Waals surface area contributed by atoms with Crippen LogP contribution in [0.25, 0.3) is 0 Å². The first-order valence-electron chi connectivity index (χ1n) is 4.98. The summed E-state index contributed by atoms with van der Waals surface area (Å²) in [6.45, 7) is 2.73. The van der Waals surface area contributed by atoms with Crippen LogP contribution >= 0.6 is 11.6 Å². The first-order chi connectivity index (χ1) is 7.61. The molecule has 1 aromatic carbocycles. The Morgan fingerprint density at radius 2 is 2.12 bits per heavy atom. The van der Waals surface area contributed by atoms with E-state index in [9.17, 15) is 15.0 Å². The number of benzene rings is 1. The lowest BCUT2D eigenvalue weighted by atomic mass is 10.1. The van der Waals surface area contributed by atoms with Crippen LogP contribution in [-0.2, 0) is 0 Å². The number of hydrogen-bond donors (Lipinski definition) is 2. The van der Waals surface area contributed by atoms with Gasteiger partial charge < -0.3 is 15.1 Å². The van der Waals surface area contributed by atoms with Crippen molar-refractivity contribution >= 4 is 17.5 Å². The molecule has 0 aromatic heterocycles. The van der Waals surface area contributed by atoms with Gasteiger partial charge in [0.25, 0.3) is 5.91 Å². The molecule has 1 aromatic rings. The SMILES string of the molecule is CCN(CCCl)C(=O)c1cccc(O)c1O. The van der Waals surface area contributed by atoms with Crippen molar-refractivity contribution in [3.63, 3.8) is 0 Å². The molecule has 0 aliphatic heterocycles. The summed E-state index contributed by atoms with van der Waals surface area (Å²) in [6, 6.07) is 4.30. The van der Waals surface area contributed by atoms with Crippen LogP contribution in [-0.4, -0.2) is 40.0 Å². The fourth-order valence-corrected chi connectivity index (χ4v) is 1.58. The average Bonchev–Trinajstić information content (AvgIpc) is 2.29. The van der Waals surface area contributed by atoms with E-state index in [4.69, 9.17) is 11.6 Å². The fourth-order valence-electron chi connectivity index (χ4n) is 1.38. The zero-order chi connectivity index (χ0) is 12.1. The number of carbonyl (C=O) groups excluding carboxylic acids is 1. The summed E-state index contributed by atoms with van der Waals surface area (Å²) in [7, 11) is 0. The van der Waals surface area contributed by atoms with Gasteiger partial charge in [0.15, 0.2) is 11.5 Å². The zero-order valence-electron chi connectivity index (χ0n) is 8.98. The molecule has 0 aliphatic rings. The quantitative estimate of drug-likeness (QED) is 0.626. The normalized spacial score (nSPS) is 10.1. The summed E-state index contributed by atoms with van der Waals surface area (Å²) in [5.74, 6) is -0.691. The molecule has 5 heteroatoms. The van der Waals surface area contributed by atoms with Crippen LogP contribution in [0.4, 0.5) is 0 Å². The number of nitrogens with zero attached hydrogens (tertiary/aromatic N) is 1. The number of phenolic OH excluding ortho intramolecular Hbond substituents is 2. The molecule has 0 atom stereocenters. The third-order valence-electron chi connectivity index (χ3n) is 2.27. The van der Waals surface area contributed by atoms with E-state index in [1.54, 1.807) is 0 Å². The van der Waals surface area contributed by atoms with Crippen LogP contribution in [0.5, 0.6) is 11.5 Å². The minimum Gasteiger partial charge on any atom is -0.504 e. The van der Waals surface area contributed by atoms with Crippen LogP contribution in [0.15, 0.2) is 18.2 Å². The van der Waals surface area contributed by atoms with E-state index in [1.807, 2.05) is 6.92 Å². The second-order valence-electron chi connectivity index (χ2n) is 3.25. The van der Waals surface area contributed by atoms with Gasteiger partial charge >= 0.3 is 0 Å². The summed E-state index contributed by atoms with van der Waals surface area (Å²) in [4.78, 5) is 13.4.